The minimum absolute atomic E-state index is 0.192. The average Bonchev–Trinajstić information content (AvgIpc) is 2.35. The summed E-state index contributed by atoms with van der Waals surface area (Å²) in [5, 5.41) is 0. The molecule has 0 spiro atoms. The molecule has 19 heavy (non-hydrogen) atoms. The van der Waals surface area contributed by atoms with Gasteiger partial charge in [-0.05, 0) is 37.3 Å². The number of rotatable bonds is 2. The van der Waals surface area contributed by atoms with Crippen molar-refractivity contribution in [2.75, 3.05) is 0 Å². The van der Waals surface area contributed by atoms with Gasteiger partial charge in [-0.25, -0.2) is 8.78 Å². The molecule has 1 aromatic carbocycles. The van der Waals surface area contributed by atoms with Crippen LogP contribution in [0.1, 0.15) is 48.5 Å². The summed E-state index contributed by atoms with van der Waals surface area (Å²) in [4.78, 5) is 12.4. The van der Waals surface area contributed by atoms with Crippen LogP contribution < -0.4 is 5.73 Å². The molecule has 4 heteroatoms. The van der Waals surface area contributed by atoms with Crippen LogP contribution in [0.5, 0.6) is 0 Å². The summed E-state index contributed by atoms with van der Waals surface area (Å²) in [5.74, 6) is -2.18. The van der Waals surface area contributed by atoms with Gasteiger partial charge in [-0.15, -0.1) is 0 Å². The molecule has 1 aliphatic rings. The van der Waals surface area contributed by atoms with Crippen LogP contribution in [0.4, 0.5) is 8.78 Å². The number of nitrogens with two attached hydrogens (primary N) is 1. The zero-order chi connectivity index (χ0) is 14.2. The van der Waals surface area contributed by atoms with Crippen molar-refractivity contribution in [2.24, 2.45) is 11.7 Å². The van der Waals surface area contributed by atoms with Crippen LogP contribution in [0.3, 0.4) is 0 Å². The van der Waals surface area contributed by atoms with E-state index in [1.54, 1.807) is 0 Å². The summed E-state index contributed by atoms with van der Waals surface area (Å²) in [6.07, 6.45) is 2.93. The maximum absolute atomic E-state index is 13.9. The predicted molar refractivity (Wildman–Crippen MR) is 70.0 cm³/mol. The summed E-state index contributed by atoms with van der Waals surface area (Å²) in [6, 6.07) is 2.76. The van der Waals surface area contributed by atoms with Crippen LogP contribution in [-0.2, 0) is 0 Å². The first kappa shape index (κ1) is 14.1. The molecule has 0 saturated heterocycles. The molecule has 0 aromatic heterocycles. The Labute approximate surface area is 112 Å². The summed E-state index contributed by atoms with van der Waals surface area (Å²) in [6.45, 7) is 3.49. The van der Waals surface area contributed by atoms with Crippen molar-refractivity contribution < 1.29 is 13.6 Å². The van der Waals surface area contributed by atoms with Crippen LogP contribution in [-0.4, -0.2) is 11.3 Å². The third-order valence-electron chi connectivity index (χ3n) is 4.00. The van der Waals surface area contributed by atoms with Crippen molar-refractivity contribution in [3.8, 4) is 0 Å². The molecule has 104 valence electrons. The van der Waals surface area contributed by atoms with E-state index in [2.05, 4.69) is 0 Å². The van der Waals surface area contributed by atoms with Gasteiger partial charge in [0.05, 0.1) is 11.1 Å². The molecule has 0 radical (unpaired) electrons. The molecule has 2 unspecified atom stereocenters. The minimum Gasteiger partial charge on any atom is -0.319 e. The van der Waals surface area contributed by atoms with E-state index in [1.807, 2.05) is 6.92 Å². The number of carbonyl (C=O) groups excluding carboxylic acids is 1. The van der Waals surface area contributed by atoms with Crippen LogP contribution in [0.2, 0.25) is 0 Å². The van der Waals surface area contributed by atoms with Crippen molar-refractivity contribution in [2.45, 2.75) is 45.1 Å². The van der Waals surface area contributed by atoms with E-state index in [1.165, 1.54) is 19.1 Å². The van der Waals surface area contributed by atoms with Crippen LogP contribution in [0, 0.1) is 24.5 Å². The molecule has 1 fully saturated rings. The monoisotopic (exact) mass is 267 g/mol. The Morgan fingerprint density at radius 3 is 2.68 bits per heavy atom. The number of ketones is 1. The zero-order valence-electron chi connectivity index (χ0n) is 11.3. The third-order valence-corrected chi connectivity index (χ3v) is 4.00. The Morgan fingerprint density at radius 1 is 1.37 bits per heavy atom. The Balaban J connectivity index is 2.36. The van der Waals surface area contributed by atoms with Gasteiger partial charge in [0.2, 0.25) is 0 Å². The van der Waals surface area contributed by atoms with Gasteiger partial charge in [-0.2, -0.15) is 0 Å². The molecule has 2 rings (SSSR count). The number of hydrogen-bond donors (Lipinski definition) is 1. The molecule has 2 N–H and O–H groups in total. The maximum Gasteiger partial charge on any atom is 0.185 e. The molecule has 0 amide bonds. The Kier molecular flexibility index (Phi) is 3.72. The van der Waals surface area contributed by atoms with Crippen LogP contribution in [0.25, 0.3) is 0 Å². The van der Waals surface area contributed by atoms with Gasteiger partial charge in [-0.1, -0.05) is 25.8 Å². The van der Waals surface area contributed by atoms with Crippen molar-refractivity contribution >= 4 is 5.78 Å². The fraction of sp³-hybridized carbons (Fsp3) is 0.533. The SMILES string of the molecule is Cc1ccc(C(=O)C2(N)CCCC(C)C2)c(F)c1F. The summed E-state index contributed by atoms with van der Waals surface area (Å²) in [7, 11) is 0. The van der Waals surface area contributed by atoms with Crippen molar-refractivity contribution in [3.05, 3.63) is 34.9 Å². The normalized spacial score (nSPS) is 27.3. The largest absolute Gasteiger partial charge is 0.319 e. The zero-order valence-corrected chi connectivity index (χ0v) is 11.3. The van der Waals surface area contributed by atoms with Crippen molar-refractivity contribution in [1.82, 2.24) is 0 Å². The minimum atomic E-state index is -1.08. The first-order chi connectivity index (χ1) is 8.85. The highest BCUT2D eigenvalue weighted by Gasteiger charge is 2.39. The Hall–Kier alpha value is -1.29. The number of carbonyl (C=O) groups is 1. The molecule has 1 aromatic rings. The lowest BCUT2D eigenvalue weighted by Crippen LogP contribution is -2.51. The molecule has 1 aliphatic carbocycles. The molecule has 0 bridgehead atoms. The van der Waals surface area contributed by atoms with E-state index >= 15 is 0 Å². The smallest absolute Gasteiger partial charge is 0.185 e. The van der Waals surface area contributed by atoms with Gasteiger partial charge in [0.15, 0.2) is 17.4 Å². The van der Waals surface area contributed by atoms with E-state index in [4.69, 9.17) is 5.73 Å². The number of aryl methyl sites for hydroxylation is 1. The second kappa shape index (κ2) is 5.00. The van der Waals surface area contributed by atoms with Gasteiger partial charge in [0.25, 0.3) is 0 Å². The molecule has 1 saturated carbocycles. The van der Waals surface area contributed by atoms with Gasteiger partial charge in [0.1, 0.15) is 0 Å². The highest BCUT2D eigenvalue weighted by atomic mass is 19.2. The first-order valence-electron chi connectivity index (χ1n) is 6.63. The van der Waals surface area contributed by atoms with Gasteiger partial charge >= 0.3 is 0 Å². The van der Waals surface area contributed by atoms with E-state index in [0.717, 1.165) is 12.8 Å². The average molecular weight is 267 g/mol. The van der Waals surface area contributed by atoms with Gasteiger partial charge in [-0.3, -0.25) is 4.79 Å². The van der Waals surface area contributed by atoms with Crippen molar-refractivity contribution in [1.29, 1.82) is 0 Å². The predicted octanol–water partition coefficient (Wildman–Crippen LogP) is 3.36. The highest BCUT2D eigenvalue weighted by Crippen LogP contribution is 2.33. The Morgan fingerprint density at radius 2 is 2.05 bits per heavy atom. The summed E-state index contributed by atoms with van der Waals surface area (Å²) < 4.78 is 27.4. The number of hydrogen-bond acceptors (Lipinski definition) is 2. The second-order valence-corrected chi connectivity index (χ2v) is 5.74. The van der Waals surface area contributed by atoms with Gasteiger partial charge < -0.3 is 5.73 Å². The Bertz CT molecular complexity index is 515. The standard InChI is InChI=1S/C15H19F2NO/c1-9-4-3-7-15(18,8-9)14(19)11-6-5-10(2)12(16)13(11)17/h5-6,9H,3-4,7-8,18H2,1-2H3. The van der Waals surface area contributed by atoms with E-state index in [0.29, 0.717) is 18.8 Å². The van der Waals surface area contributed by atoms with Gasteiger partial charge in [0, 0.05) is 0 Å². The molecule has 2 nitrogen and oxygen atoms in total. The molecule has 0 aliphatic heterocycles. The highest BCUT2D eigenvalue weighted by molar-refractivity contribution is 6.03. The van der Waals surface area contributed by atoms with Crippen LogP contribution in [0.15, 0.2) is 12.1 Å². The molecular weight excluding hydrogens is 248 g/mol. The number of benzene rings is 1. The van der Waals surface area contributed by atoms with Crippen LogP contribution >= 0.6 is 0 Å². The summed E-state index contributed by atoms with van der Waals surface area (Å²) in [5.41, 5.74) is 5.06. The fourth-order valence-electron chi connectivity index (χ4n) is 2.89. The van der Waals surface area contributed by atoms with E-state index in [9.17, 15) is 13.6 Å². The third kappa shape index (κ3) is 2.54. The van der Waals surface area contributed by atoms with E-state index < -0.39 is 23.0 Å². The maximum atomic E-state index is 13.9. The molecular formula is C15H19F2NO. The first-order valence-corrected chi connectivity index (χ1v) is 6.63. The number of Topliss-reactive ketones (excluding diaryl/α,β-unsaturated/α-hetero) is 1. The lowest BCUT2D eigenvalue weighted by atomic mass is 9.73. The molecule has 2 atom stereocenters. The lowest BCUT2D eigenvalue weighted by molar-refractivity contribution is 0.0814. The lowest BCUT2D eigenvalue weighted by Gasteiger charge is -2.35. The quantitative estimate of drug-likeness (QED) is 0.835. The second-order valence-electron chi connectivity index (χ2n) is 5.74. The fourth-order valence-corrected chi connectivity index (χ4v) is 2.89. The van der Waals surface area contributed by atoms with E-state index in [-0.39, 0.29) is 11.1 Å². The van der Waals surface area contributed by atoms with Crippen molar-refractivity contribution in [3.63, 3.8) is 0 Å². The summed E-state index contributed by atoms with van der Waals surface area (Å²) >= 11 is 0. The topological polar surface area (TPSA) is 43.1 Å². The molecule has 0 heterocycles. The number of halogens is 2.